The standard InChI is InChI=1S/C11H12N3.C2H6.Re/c1-6-7(2)10-11(14-8(6)3)9(4)12-5-13-10;1-2;/h1-4H3;1-2H3;/q-1;;. The van der Waals surface area contributed by atoms with Crippen molar-refractivity contribution >= 4 is 11.0 Å². The maximum Gasteiger partial charge on any atom is 0.0378 e. The van der Waals surface area contributed by atoms with Crippen LogP contribution in [-0.4, -0.2) is 15.0 Å². The van der Waals surface area contributed by atoms with Crippen molar-refractivity contribution in [2.75, 3.05) is 0 Å². The van der Waals surface area contributed by atoms with Gasteiger partial charge in [-0.05, 0) is 37.5 Å². The molecule has 0 N–H and O–H groups in total. The van der Waals surface area contributed by atoms with E-state index >= 15 is 0 Å². The Morgan fingerprint density at radius 2 is 1.35 bits per heavy atom. The van der Waals surface area contributed by atoms with E-state index in [9.17, 15) is 0 Å². The van der Waals surface area contributed by atoms with Gasteiger partial charge in [0.15, 0.2) is 0 Å². The van der Waals surface area contributed by atoms with Crippen LogP contribution in [0, 0.1) is 34.0 Å². The summed E-state index contributed by atoms with van der Waals surface area (Å²) in [6, 6.07) is 0. The fourth-order valence-corrected chi connectivity index (χ4v) is 1.52. The third-order valence-electron chi connectivity index (χ3n) is 2.69. The summed E-state index contributed by atoms with van der Waals surface area (Å²) in [6.07, 6.45) is 2.65. The van der Waals surface area contributed by atoms with E-state index in [0.29, 0.717) is 0 Å². The van der Waals surface area contributed by atoms with Crippen LogP contribution in [0.25, 0.3) is 11.0 Å². The van der Waals surface area contributed by atoms with Crippen LogP contribution in [0.15, 0.2) is 0 Å². The average Bonchev–Trinajstić information content (AvgIpc) is 2.31. The molecule has 2 rings (SSSR count). The molecule has 0 saturated heterocycles. The Bertz CT molecular complexity index is 509. The third kappa shape index (κ3) is 3.08. The van der Waals surface area contributed by atoms with Crippen molar-refractivity contribution in [3.63, 3.8) is 0 Å². The Balaban J connectivity index is 0.000000811. The zero-order chi connectivity index (χ0) is 12.3. The first-order valence-electron chi connectivity index (χ1n) is 5.59. The maximum absolute atomic E-state index is 4.49. The van der Waals surface area contributed by atoms with Gasteiger partial charge in [-0.1, -0.05) is 26.3 Å². The zero-order valence-electron chi connectivity index (χ0n) is 11.2. The molecule has 0 amide bonds. The predicted molar refractivity (Wildman–Crippen MR) is 66.5 cm³/mol. The molecule has 3 nitrogen and oxygen atoms in total. The van der Waals surface area contributed by atoms with Gasteiger partial charge in [0, 0.05) is 38.0 Å². The number of aryl methyl sites for hydroxylation is 3. The normalized spacial score (nSPS) is 9.29. The van der Waals surface area contributed by atoms with Crippen LogP contribution in [0.3, 0.4) is 0 Å². The van der Waals surface area contributed by atoms with Crippen molar-refractivity contribution in [1.82, 2.24) is 15.0 Å². The molecule has 4 heteroatoms. The minimum atomic E-state index is 0. The Morgan fingerprint density at radius 3 is 1.94 bits per heavy atom. The van der Waals surface area contributed by atoms with Crippen LogP contribution in [-0.2, 0) is 20.4 Å². The van der Waals surface area contributed by atoms with Crippen molar-refractivity contribution in [2.24, 2.45) is 0 Å². The van der Waals surface area contributed by atoms with E-state index in [4.69, 9.17) is 0 Å². The average molecular weight is 403 g/mol. The summed E-state index contributed by atoms with van der Waals surface area (Å²) in [6.45, 7) is 12.1. The molecule has 0 unspecified atom stereocenters. The molecule has 0 aliphatic rings. The summed E-state index contributed by atoms with van der Waals surface area (Å²) in [5.74, 6) is 0. The first-order valence-corrected chi connectivity index (χ1v) is 5.59. The van der Waals surface area contributed by atoms with E-state index in [1.807, 2.05) is 27.7 Å². The third-order valence-corrected chi connectivity index (χ3v) is 2.69. The number of fused-ring (bicyclic) bond motifs is 1. The first kappa shape index (κ1) is 16.2. The fourth-order valence-electron chi connectivity index (χ4n) is 1.52. The molecule has 1 radical (unpaired) electrons. The van der Waals surface area contributed by atoms with Crippen LogP contribution in [0.1, 0.15) is 36.4 Å². The Kier molecular flexibility index (Phi) is 6.44. The second-order valence-electron chi connectivity index (χ2n) is 3.55. The molecule has 2 aromatic rings. The SMILES string of the molecule is CC.Cc1nc2c(C)n[c-]nc2c(C)c1C.[Re]. The van der Waals surface area contributed by atoms with E-state index in [1.54, 1.807) is 0 Å². The molecule has 0 aromatic carbocycles. The van der Waals surface area contributed by atoms with Crippen molar-refractivity contribution in [3.8, 4) is 0 Å². The monoisotopic (exact) mass is 403 g/mol. The minimum Gasteiger partial charge on any atom is -0.369 e. The van der Waals surface area contributed by atoms with Crippen LogP contribution >= 0.6 is 0 Å². The first-order chi connectivity index (χ1) is 7.61. The van der Waals surface area contributed by atoms with Gasteiger partial charge in [-0.2, -0.15) is 0 Å². The minimum absolute atomic E-state index is 0. The molecule has 0 spiro atoms. The molecule has 0 fully saturated rings. The topological polar surface area (TPSA) is 38.7 Å². The smallest absolute Gasteiger partial charge is 0.0378 e. The number of pyridine rings is 1. The second kappa shape index (κ2) is 6.78. The Hall–Kier alpha value is -0.848. The molecule has 2 aromatic heterocycles. The van der Waals surface area contributed by atoms with Crippen LogP contribution in [0.4, 0.5) is 0 Å². The van der Waals surface area contributed by atoms with E-state index in [-0.39, 0.29) is 20.4 Å². The van der Waals surface area contributed by atoms with Gasteiger partial charge in [0.1, 0.15) is 0 Å². The summed E-state index contributed by atoms with van der Waals surface area (Å²) < 4.78 is 0. The molecule has 2 heterocycles. The molecule has 93 valence electrons. The summed E-state index contributed by atoms with van der Waals surface area (Å²) in [5.41, 5.74) is 6.12. The van der Waals surface area contributed by atoms with E-state index in [0.717, 1.165) is 22.4 Å². The summed E-state index contributed by atoms with van der Waals surface area (Å²) in [5, 5.41) is 0. The Morgan fingerprint density at radius 1 is 0.765 bits per heavy atom. The summed E-state index contributed by atoms with van der Waals surface area (Å²) in [7, 11) is 0. The molecule has 0 aliphatic heterocycles. The Labute approximate surface area is 117 Å². The maximum atomic E-state index is 4.49. The largest absolute Gasteiger partial charge is 0.369 e. The summed E-state index contributed by atoms with van der Waals surface area (Å²) in [4.78, 5) is 12.7. The van der Waals surface area contributed by atoms with Crippen molar-refractivity contribution in [3.05, 3.63) is 28.8 Å². The van der Waals surface area contributed by atoms with E-state index in [1.165, 1.54) is 11.1 Å². The number of aromatic nitrogens is 3. The van der Waals surface area contributed by atoms with Crippen molar-refractivity contribution < 1.29 is 20.4 Å². The molecule has 0 saturated carbocycles. The molecule has 17 heavy (non-hydrogen) atoms. The molecular formula is C13H18N3Re-. The zero-order valence-corrected chi connectivity index (χ0v) is 13.9. The number of nitrogens with zero attached hydrogens (tertiary/aromatic N) is 3. The van der Waals surface area contributed by atoms with Gasteiger partial charge in [-0.15, -0.1) is 0 Å². The van der Waals surface area contributed by atoms with Crippen LogP contribution in [0.2, 0.25) is 0 Å². The summed E-state index contributed by atoms with van der Waals surface area (Å²) >= 11 is 0. The molecular weight excluding hydrogens is 384 g/mol. The van der Waals surface area contributed by atoms with E-state index < -0.39 is 0 Å². The number of rotatable bonds is 0. The number of hydrogen-bond acceptors (Lipinski definition) is 3. The van der Waals surface area contributed by atoms with Gasteiger partial charge < -0.3 is 9.97 Å². The second-order valence-corrected chi connectivity index (χ2v) is 3.55. The quantitative estimate of drug-likeness (QED) is 0.636. The van der Waals surface area contributed by atoms with Gasteiger partial charge in [-0.25, -0.2) is 0 Å². The van der Waals surface area contributed by atoms with Gasteiger partial charge >= 0.3 is 0 Å². The number of hydrogen-bond donors (Lipinski definition) is 0. The van der Waals surface area contributed by atoms with E-state index in [2.05, 4.69) is 35.1 Å². The van der Waals surface area contributed by atoms with Gasteiger partial charge in [0.2, 0.25) is 0 Å². The van der Waals surface area contributed by atoms with Crippen molar-refractivity contribution in [2.45, 2.75) is 41.5 Å². The molecule has 0 atom stereocenters. The van der Waals surface area contributed by atoms with Gasteiger partial charge in [0.05, 0.1) is 0 Å². The van der Waals surface area contributed by atoms with Crippen molar-refractivity contribution in [1.29, 1.82) is 0 Å². The van der Waals surface area contributed by atoms with Crippen LogP contribution in [0.5, 0.6) is 0 Å². The molecule has 0 bridgehead atoms. The fraction of sp³-hybridized carbons (Fsp3) is 0.462. The van der Waals surface area contributed by atoms with Gasteiger partial charge in [-0.3, -0.25) is 4.98 Å². The molecule has 0 aliphatic carbocycles. The predicted octanol–water partition coefficient (Wildman–Crippen LogP) is 3.08. The van der Waals surface area contributed by atoms with Crippen LogP contribution < -0.4 is 0 Å². The van der Waals surface area contributed by atoms with Gasteiger partial charge in [0.25, 0.3) is 0 Å².